The lowest BCUT2D eigenvalue weighted by atomic mass is 9.92. The standard InChI is InChI=1S/C17H22F4N4O2/c1-8(2)13(9-3-5-10(6-4-9)17(19,20)21)25-14-12(11(7-18)24-25)15(26)23-16(27)22-14/h3-6,8,11-14,16,22,24,27H,7H2,1-2H3,(H,23,26). The summed E-state index contributed by atoms with van der Waals surface area (Å²) in [5, 5.41) is 16.6. The van der Waals surface area contributed by atoms with Crippen molar-refractivity contribution >= 4 is 5.91 Å². The first-order valence-corrected chi connectivity index (χ1v) is 8.65. The van der Waals surface area contributed by atoms with Crippen molar-refractivity contribution in [1.82, 2.24) is 21.1 Å². The van der Waals surface area contributed by atoms with Crippen molar-refractivity contribution < 1.29 is 27.5 Å². The number of nitrogens with zero attached hydrogens (tertiary/aromatic N) is 1. The van der Waals surface area contributed by atoms with Gasteiger partial charge in [-0.2, -0.15) is 13.2 Å². The number of alkyl halides is 4. The van der Waals surface area contributed by atoms with Crippen LogP contribution in [0.25, 0.3) is 0 Å². The maximum Gasteiger partial charge on any atom is 0.416 e. The van der Waals surface area contributed by atoms with Gasteiger partial charge in [0.05, 0.1) is 29.7 Å². The minimum absolute atomic E-state index is 0.0721. The molecule has 0 spiro atoms. The molecular weight excluding hydrogens is 368 g/mol. The first-order valence-electron chi connectivity index (χ1n) is 8.65. The van der Waals surface area contributed by atoms with Crippen LogP contribution in [0.5, 0.6) is 0 Å². The first kappa shape index (κ1) is 20.0. The number of hydrazine groups is 1. The van der Waals surface area contributed by atoms with Gasteiger partial charge in [-0.15, -0.1) is 0 Å². The van der Waals surface area contributed by atoms with Crippen LogP contribution in [0.4, 0.5) is 17.6 Å². The highest BCUT2D eigenvalue weighted by Crippen LogP contribution is 2.37. The van der Waals surface area contributed by atoms with E-state index in [-0.39, 0.29) is 5.92 Å². The molecule has 0 saturated carbocycles. The van der Waals surface area contributed by atoms with Crippen LogP contribution in [0, 0.1) is 11.8 Å². The quantitative estimate of drug-likeness (QED) is 0.587. The van der Waals surface area contributed by atoms with Gasteiger partial charge in [-0.3, -0.25) is 10.1 Å². The number of hydrogen-bond acceptors (Lipinski definition) is 5. The smallest absolute Gasteiger partial charge is 0.361 e. The summed E-state index contributed by atoms with van der Waals surface area (Å²) in [4.78, 5) is 12.2. The number of fused-ring (bicyclic) bond motifs is 1. The number of carbonyl (C=O) groups excluding carboxylic acids is 1. The second-order valence-corrected chi connectivity index (χ2v) is 7.15. The van der Waals surface area contributed by atoms with E-state index in [0.29, 0.717) is 5.56 Å². The van der Waals surface area contributed by atoms with Crippen LogP contribution in [0.2, 0.25) is 0 Å². The summed E-state index contributed by atoms with van der Waals surface area (Å²) in [6.45, 7) is 2.95. The Balaban J connectivity index is 1.93. The summed E-state index contributed by atoms with van der Waals surface area (Å²) < 4.78 is 52.0. The highest BCUT2D eigenvalue weighted by molar-refractivity contribution is 5.81. The molecule has 0 bridgehead atoms. The molecular formula is C17H22F4N4O2. The molecule has 5 unspecified atom stereocenters. The van der Waals surface area contributed by atoms with Crippen LogP contribution in [-0.2, 0) is 11.0 Å². The van der Waals surface area contributed by atoms with E-state index in [1.807, 2.05) is 13.8 Å². The Morgan fingerprint density at radius 1 is 1.22 bits per heavy atom. The molecule has 0 radical (unpaired) electrons. The lowest BCUT2D eigenvalue weighted by molar-refractivity contribution is -0.138. The van der Waals surface area contributed by atoms with Gasteiger partial charge < -0.3 is 10.4 Å². The summed E-state index contributed by atoms with van der Waals surface area (Å²) in [6.07, 6.45) is -6.43. The predicted octanol–water partition coefficient (Wildman–Crippen LogP) is 1.50. The average molecular weight is 390 g/mol. The Labute approximate surface area is 153 Å². The van der Waals surface area contributed by atoms with E-state index in [0.717, 1.165) is 12.1 Å². The summed E-state index contributed by atoms with van der Waals surface area (Å²) in [7, 11) is 0. The molecule has 3 rings (SSSR count). The molecule has 0 aliphatic carbocycles. The highest BCUT2D eigenvalue weighted by Gasteiger charge is 2.52. The fraction of sp³-hybridized carbons (Fsp3) is 0.588. The fourth-order valence-corrected chi connectivity index (χ4v) is 3.81. The summed E-state index contributed by atoms with van der Waals surface area (Å²) in [5.74, 6) is -1.34. The number of nitrogens with one attached hydrogen (secondary N) is 3. The van der Waals surface area contributed by atoms with Crippen molar-refractivity contribution in [2.75, 3.05) is 6.67 Å². The van der Waals surface area contributed by atoms with E-state index in [1.54, 1.807) is 5.01 Å². The number of amides is 1. The van der Waals surface area contributed by atoms with Crippen LogP contribution in [0.3, 0.4) is 0 Å². The van der Waals surface area contributed by atoms with Gasteiger partial charge in [0.15, 0.2) is 6.35 Å². The summed E-state index contributed by atoms with van der Waals surface area (Å²) in [6, 6.07) is 3.52. The van der Waals surface area contributed by atoms with E-state index in [1.165, 1.54) is 12.1 Å². The second kappa shape index (κ2) is 7.34. The number of aliphatic hydroxyl groups excluding tert-OH is 1. The number of carbonyl (C=O) groups is 1. The van der Waals surface area contributed by atoms with E-state index in [4.69, 9.17) is 0 Å². The molecule has 1 aromatic rings. The molecule has 2 saturated heterocycles. The van der Waals surface area contributed by atoms with Crippen molar-refractivity contribution in [3.63, 3.8) is 0 Å². The van der Waals surface area contributed by atoms with E-state index >= 15 is 0 Å². The maximum absolute atomic E-state index is 13.5. The molecule has 6 nitrogen and oxygen atoms in total. The molecule has 5 atom stereocenters. The molecule has 4 N–H and O–H groups in total. The van der Waals surface area contributed by atoms with Gasteiger partial charge in [0.2, 0.25) is 5.91 Å². The molecule has 2 aliphatic rings. The van der Waals surface area contributed by atoms with Crippen molar-refractivity contribution in [3.8, 4) is 0 Å². The lowest BCUT2D eigenvalue weighted by Crippen LogP contribution is -2.65. The van der Waals surface area contributed by atoms with Gasteiger partial charge in [-0.25, -0.2) is 14.8 Å². The summed E-state index contributed by atoms with van der Waals surface area (Å²) >= 11 is 0. The first-order chi connectivity index (χ1) is 12.6. The van der Waals surface area contributed by atoms with Crippen LogP contribution in [0.15, 0.2) is 24.3 Å². The fourth-order valence-electron chi connectivity index (χ4n) is 3.81. The Kier molecular flexibility index (Phi) is 5.44. The zero-order valence-corrected chi connectivity index (χ0v) is 14.8. The van der Waals surface area contributed by atoms with Gasteiger partial charge in [-0.05, 0) is 23.6 Å². The van der Waals surface area contributed by atoms with Gasteiger partial charge in [0.25, 0.3) is 0 Å². The maximum atomic E-state index is 13.5. The summed E-state index contributed by atoms with van der Waals surface area (Å²) in [5.41, 5.74) is 2.79. The Hall–Kier alpha value is -1.75. The van der Waals surface area contributed by atoms with Crippen LogP contribution >= 0.6 is 0 Å². The molecule has 27 heavy (non-hydrogen) atoms. The third kappa shape index (κ3) is 3.79. The molecule has 2 heterocycles. The van der Waals surface area contributed by atoms with Gasteiger partial charge in [0, 0.05) is 0 Å². The molecule has 10 heteroatoms. The Bertz CT molecular complexity index is 683. The largest absolute Gasteiger partial charge is 0.416 e. The molecule has 1 aromatic carbocycles. The number of rotatable bonds is 4. The number of hydrogen-bond donors (Lipinski definition) is 4. The predicted molar refractivity (Wildman–Crippen MR) is 88.3 cm³/mol. The van der Waals surface area contributed by atoms with Crippen molar-refractivity contribution in [1.29, 1.82) is 0 Å². The zero-order chi connectivity index (χ0) is 19.9. The number of halogens is 4. The third-order valence-electron chi connectivity index (χ3n) is 4.98. The molecule has 0 aromatic heterocycles. The Morgan fingerprint density at radius 3 is 2.37 bits per heavy atom. The molecule has 1 amide bonds. The molecule has 2 fully saturated rings. The lowest BCUT2D eigenvalue weighted by Gasteiger charge is -2.39. The van der Waals surface area contributed by atoms with Crippen molar-refractivity contribution in [2.24, 2.45) is 11.8 Å². The SMILES string of the molecule is CC(C)C(c1ccc(C(F)(F)F)cc1)N1NC(CF)C2C(=O)NC(O)NC21. The normalized spacial score (nSPS) is 30.3. The zero-order valence-electron chi connectivity index (χ0n) is 14.8. The van der Waals surface area contributed by atoms with Gasteiger partial charge in [-0.1, -0.05) is 26.0 Å². The topological polar surface area (TPSA) is 76.6 Å². The van der Waals surface area contributed by atoms with Gasteiger partial charge >= 0.3 is 6.18 Å². The van der Waals surface area contributed by atoms with Crippen molar-refractivity contribution in [3.05, 3.63) is 35.4 Å². The highest BCUT2D eigenvalue weighted by atomic mass is 19.4. The number of benzene rings is 1. The third-order valence-corrected chi connectivity index (χ3v) is 4.98. The van der Waals surface area contributed by atoms with E-state index < -0.39 is 54.8 Å². The van der Waals surface area contributed by atoms with Crippen LogP contribution < -0.4 is 16.1 Å². The molecule has 150 valence electrons. The monoisotopic (exact) mass is 390 g/mol. The van der Waals surface area contributed by atoms with Crippen LogP contribution in [-0.4, -0.2) is 41.3 Å². The second-order valence-electron chi connectivity index (χ2n) is 7.15. The van der Waals surface area contributed by atoms with Crippen LogP contribution in [0.1, 0.15) is 31.0 Å². The minimum Gasteiger partial charge on any atom is -0.361 e. The minimum atomic E-state index is -4.44. The Morgan fingerprint density at radius 2 is 1.85 bits per heavy atom. The van der Waals surface area contributed by atoms with Gasteiger partial charge in [0.1, 0.15) is 6.67 Å². The van der Waals surface area contributed by atoms with E-state index in [9.17, 15) is 27.5 Å². The number of aliphatic hydroxyl groups is 1. The van der Waals surface area contributed by atoms with Crippen molar-refractivity contribution in [2.45, 2.75) is 44.6 Å². The van der Waals surface area contributed by atoms with E-state index in [2.05, 4.69) is 16.1 Å². The average Bonchev–Trinajstić information content (AvgIpc) is 2.93. The molecule has 2 aliphatic heterocycles.